The zero-order chi connectivity index (χ0) is 14.1. The number of hydrogen-bond acceptors (Lipinski definition) is 3. The smallest absolute Gasteiger partial charge is 0.161 e. The van der Waals surface area contributed by atoms with Crippen LogP contribution in [0.15, 0.2) is 24.3 Å². The minimum Gasteiger partial charge on any atom is -0.490 e. The number of para-hydroxylation sites is 2. The van der Waals surface area contributed by atoms with Crippen molar-refractivity contribution in [1.82, 2.24) is 5.32 Å². The highest BCUT2D eigenvalue weighted by Gasteiger charge is 2.17. The van der Waals surface area contributed by atoms with Gasteiger partial charge in [0.2, 0.25) is 0 Å². The average molecular weight is 265 g/mol. The molecule has 0 bridgehead atoms. The molecule has 1 aromatic carbocycles. The zero-order valence-electron chi connectivity index (χ0n) is 12.6. The molecule has 108 valence electrons. The third-order valence-corrected chi connectivity index (χ3v) is 3.12. The average Bonchev–Trinajstić information content (AvgIpc) is 2.42. The first-order valence-corrected chi connectivity index (χ1v) is 7.34. The molecule has 0 aromatic heterocycles. The Morgan fingerprint density at radius 2 is 1.79 bits per heavy atom. The van der Waals surface area contributed by atoms with Crippen LogP contribution >= 0.6 is 0 Å². The summed E-state index contributed by atoms with van der Waals surface area (Å²) in [6.07, 6.45) is 2.31. The van der Waals surface area contributed by atoms with Crippen LogP contribution in [-0.4, -0.2) is 25.3 Å². The quantitative estimate of drug-likeness (QED) is 0.739. The third-order valence-electron chi connectivity index (χ3n) is 3.12. The zero-order valence-corrected chi connectivity index (χ0v) is 12.6. The Hall–Kier alpha value is -1.22. The molecule has 0 amide bonds. The number of ether oxygens (including phenoxy) is 2. The lowest BCUT2D eigenvalue weighted by Gasteiger charge is -2.25. The van der Waals surface area contributed by atoms with Crippen LogP contribution < -0.4 is 14.8 Å². The third kappa shape index (κ3) is 5.11. The molecule has 1 aromatic rings. The molecular formula is C16H27NO2. The first kappa shape index (κ1) is 15.8. The van der Waals surface area contributed by atoms with E-state index in [-0.39, 0.29) is 6.10 Å². The van der Waals surface area contributed by atoms with Gasteiger partial charge in [-0.25, -0.2) is 0 Å². The van der Waals surface area contributed by atoms with Crippen molar-refractivity contribution in [2.45, 2.75) is 52.7 Å². The molecule has 3 heteroatoms. The Morgan fingerprint density at radius 1 is 1.11 bits per heavy atom. The van der Waals surface area contributed by atoms with Gasteiger partial charge in [-0.1, -0.05) is 26.0 Å². The highest BCUT2D eigenvalue weighted by molar-refractivity contribution is 5.39. The van der Waals surface area contributed by atoms with Gasteiger partial charge in [-0.2, -0.15) is 0 Å². The second-order valence-corrected chi connectivity index (χ2v) is 4.67. The summed E-state index contributed by atoms with van der Waals surface area (Å²) in [5.41, 5.74) is 0. The summed E-state index contributed by atoms with van der Waals surface area (Å²) in [5, 5.41) is 3.52. The molecule has 0 fully saturated rings. The van der Waals surface area contributed by atoms with Gasteiger partial charge in [0.15, 0.2) is 11.5 Å². The van der Waals surface area contributed by atoms with Crippen molar-refractivity contribution in [3.05, 3.63) is 24.3 Å². The van der Waals surface area contributed by atoms with Crippen molar-refractivity contribution < 1.29 is 9.47 Å². The van der Waals surface area contributed by atoms with Crippen molar-refractivity contribution in [3.63, 3.8) is 0 Å². The van der Waals surface area contributed by atoms with Gasteiger partial charge in [0.05, 0.1) is 6.61 Å². The van der Waals surface area contributed by atoms with Crippen LogP contribution in [0.3, 0.4) is 0 Å². The van der Waals surface area contributed by atoms with Gasteiger partial charge in [0.25, 0.3) is 0 Å². The second-order valence-electron chi connectivity index (χ2n) is 4.67. The molecule has 0 spiro atoms. The molecule has 0 aliphatic carbocycles. The molecule has 2 atom stereocenters. The summed E-state index contributed by atoms with van der Waals surface area (Å²) >= 11 is 0. The van der Waals surface area contributed by atoms with E-state index >= 15 is 0 Å². The predicted molar refractivity (Wildman–Crippen MR) is 80.1 cm³/mol. The van der Waals surface area contributed by atoms with E-state index in [0.29, 0.717) is 12.6 Å². The van der Waals surface area contributed by atoms with E-state index in [1.165, 1.54) is 0 Å². The predicted octanol–water partition coefficient (Wildman–Crippen LogP) is 3.63. The maximum atomic E-state index is 6.06. The molecule has 0 aliphatic heterocycles. The highest BCUT2D eigenvalue weighted by atomic mass is 16.5. The lowest BCUT2D eigenvalue weighted by atomic mass is 10.1. The summed E-state index contributed by atoms with van der Waals surface area (Å²) < 4.78 is 11.6. The Bertz CT molecular complexity index is 354. The first-order chi connectivity index (χ1) is 9.22. The van der Waals surface area contributed by atoms with Crippen LogP contribution in [0.25, 0.3) is 0 Å². The van der Waals surface area contributed by atoms with Crippen LogP contribution in [0.2, 0.25) is 0 Å². The standard InChI is InChI=1S/C16H27NO2/c1-5-12-17-14(6-2)13(4)19-16-11-9-8-10-15(16)18-7-3/h8-11,13-14,17H,5-7,12H2,1-4H3. The normalized spacial score (nSPS) is 13.9. The topological polar surface area (TPSA) is 30.5 Å². The Labute approximate surface area is 117 Å². The minimum absolute atomic E-state index is 0.123. The monoisotopic (exact) mass is 265 g/mol. The van der Waals surface area contributed by atoms with Crippen molar-refractivity contribution in [1.29, 1.82) is 0 Å². The van der Waals surface area contributed by atoms with Crippen molar-refractivity contribution in [3.8, 4) is 11.5 Å². The van der Waals surface area contributed by atoms with E-state index in [0.717, 1.165) is 30.9 Å². The lowest BCUT2D eigenvalue weighted by Crippen LogP contribution is -2.41. The van der Waals surface area contributed by atoms with Gasteiger partial charge in [0, 0.05) is 6.04 Å². The molecule has 19 heavy (non-hydrogen) atoms. The van der Waals surface area contributed by atoms with E-state index in [1.54, 1.807) is 0 Å². The summed E-state index contributed by atoms with van der Waals surface area (Å²) in [4.78, 5) is 0. The molecule has 1 N–H and O–H groups in total. The van der Waals surface area contributed by atoms with E-state index < -0.39 is 0 Å². The summed E-state index contributed by atoms with van der Waals surface area (Å²) in [6, 6.07) is 8.23. The second kappa shape index (κ2) is 8.81. The van der Waals surface area contributed by atoms with Gasteiger partial charge in [-0.05, 0) is 45.4 Å². The SMILES string of the molecule is CCCNC(CC)C(C)Oc1ccccc1OCC. The van der Waals surface area contributed by atoms with E-state index in [2.05, 4.69) is 26.1 Å². The molecule has 0 radical (unpaired) electrons. The number of hydrogen-bond donors (Lipinski definition) is 1. The van der Waals surface area contributed by atoms with Gasteiger partial charge in [-0.15, -0.1) is 0 Å². The van der Waals surface area contributed by atoms with E-state index in [1.807, 2.05) is 31.2 Å². The maximum absolute atomic E-state index is 6.06. The number of nitrogens with one attached hydrogen (secondary N) is 1. The molecule has 0 saturated heterocycles. The fourth-order valence-corrected chi connectivity index (χ4v) is 2.08. The van der Waals surface area contributed by atoms with Gasteiger partial charge >= 0.3 is 0 Å². The minimum atomic E-state index is 0.123. The van der Waals surface area contributed by atoms with Gasteiger partial charge in [-0.3, -0.25) is 0 Å². The van der Waals surface area contributed by atoms with Crippen molar-refractivity contribution in [2.75, 3.05) is 13.2 Å². The molecule has 1 rings (SSSR count). The molecule has 0 heterocycles. The van der Waals surface area contributed by atoms with Crippen molar-refractivity contribution >= 4 is 0 Å². The Kier molecular flexibility index (Phi) is 7.34. The molecule has 2 unspecified atom stereocenters. The van der Waals surface area contributed by atoms with Crippen LogP contribution in [0.5, 0.6) is 11.5 Å². The lowest BCUT2D eigenvalue weighted by molar-refractivity contribution is 0.159. The summed E-state index contributed by atoms with van der Waals surface area (Å²) in [6.45, 7) is 10.1. The van der Waals surface area contributed by atoms with Crippen LogP contribution in [0, 0.1) is 0 Å². The Morgan fingerprint density at radius 3 is 2.37 bits per heavy atom. The summed E-state index contributed by atoms with van der Waals surface area (Å²) in [7, 11) is 0. The van der Waals surface area contributed by atoms with Crippen molar-refractivity contribution in [2.24, 2.45) is 0 Å². The fourth-order valence-electron chi connectivity index (χ4n) is 2.08. The van der Waals surface area contributed by atoms with Crippen LogP contribution in [-0.2, 0) is 0 Å². The van der Waals surface area contributed by atoms with Gasteiger partial charge in [0.1, 0.15) is 6.10 Å². The molecule has 3 nitrogen and oxygen atoms in total. The first-order valence-electron chi connectivity index (χ1n) is 7.34. The molecule has 0 saturated carbocycles. The summed E-state index contributed by atoms with van der Waals surface area (Å²) in [5.74, 6) is 1.65. The Balaban J connectivity index is 2.66. The van der Waals surface area contributed by atoms with E-state index in [9.17, 15) is 0 Å². The van der Waals surface area contributed by atoms with Gasteiger partial charge < -0.3 is 14.8 Å². The van der Waals surface area contributed by atoms with E-state index in [4.69, 9.17) is 9.47 Å². The van der Waals surface area contributed by atoms with Crippen LogP contribution in [0.1, 0.15) is 40.5 Å². The molecular weight excluding hydrogens is 238 g/mol. The highest BCUT2D eigenvalue weighted by Crippen LogP contribution is 2.28. The number of benzene rings is 1. The molecule has 0 aliphatic rings. The largest absolute Gasteiger partial charge is 0.490 e. The number of rotatable bonds is 9. The fraction of sp³-hybridized carbons (Fsp3) is 0.625. The van der Waals surface area contributed by atoms with Crippen LogP contribution in [0.4, 0.5) is 0 Å². The maximum Gasteiger partial charge on any atom is 0.161 e.